The van der Waals surface area contributed by atoms with E-state index in [-0.39, 0.29) is 6.42 Å². The number of benzene rings is 2. The first-order valence-corrected chi connectivity index (χ1v) is 9.92. The molecule has 0 bridgehead atoms. The van der Waals surface area contributed by atoms with Gasteiger partial charge in [-0.3, -0.25) is 4.79 Å². The van der Waals surface area contributed by atoms with Gasteiger partial charge in [-0.2, -0.15) is 0 Å². The van der Waals surface area contributed by atoms with Crippen molar-refractivity contribution in [2.24, 2.45) is 0 Å². The summed E-state index contributed by atoms with van der Waals surface area (Å²) in [6.07, 6.45) is 2.67. The number of hydrogen-bond acceptors (Lipinski definition) is 3. The maximum absolute atomic E-state index is 11.1. The summed E-state index contributed by atoms with van der Waals surface area (Å²) in [5.41, 5.74) is 3.98. The molecule has 0 saturated carbocycles. The van der Waals surface area contributed by atoms with E-state index < -0.39 is 5.97 Å². The zero-order chi connectivity index (χ0) is 20.6. The van der Waals surface area contributed by atoms with Crippen LogP contribution in [0.1, 0.15) is 31.9 Å². The van der Waals surface area contributed by atoms with E-state index in [2.05, 4.69) is 11.5 Å². The highest BCUT2D eigenvalue weighted by Gasteiger charge is 2.13. The molecule has 0 unspecified atom stereocenters. The monoisotopic (exact) mass is 393 g/mol. The fourth-order valence-corrected chi connectivity index (χ4v) is 3.23. The van der Waals surface area contributed by atoms with Crippen LogP contribution in [0, 0.1) is 0 Å². The highest BCUT2D eigenvalue weighted by molar-refractivity contribution is 5.68. The second-order valence-electron chi connectivity index (χ2n) is 6.86. The van der Waals surface area contributed by atoms with Gasteiger partial charge in [-0.15, -0.1) is 0 Å². The van der Waals surface area contributed by atoms with Crippen LogP contribution in [-0.2, 0) is 11.2 Å². The van der Waals surface area contributed by atoms with E-state index in [1.54, 1.807) is 7.11 Å². The van der Waals surface area contributed by atoms with E-state index in [0.717, 1.165) is 47.0 Å². The summed E-state index contributed by atoms with van der Waals surface area (Å²) in [6.45, 7) is 2.85. The average Bonchev–Trinajstić information content (AvgIpc) is 3.17. The standard InChI is InChI=1S/C24H27NO4/c1-3-4-17-29-22-13-7-19(8-14-22)25-20(10-16-24(26)27)9-15-23(25)18-5-11-21(28-2)12-6-18/h5-9,11-15H,3-4,10,16-17H2,1-2H3,(H,26,27). The number of aliphatic carboxylic acids is 1. The predicted molar refractivity (Wildman–Crippen MR) is 114 cm³/mol. The molecule has 0 aliphatic rings. The summed E-state index contributed by atoms with van der Waals surface area (Å²) in [5.74, 6) is 0.836. The number of carboxylic acid groups (broad SMARTS) is 1. The quantitative estimate of drug-likeness (QED) is 0.472. The van der Waals surface area contributed by atoms with E-state index in [1.807, 2.05) is 60.7 Å². The zero-order valence-corrected chi connectivity index (χ0v) is 16.9. The number of hydrogen-bond donors (Lipinski definition) is 1. The van der Waals surface area contributed by atoms with Crippen LogP contribution in [0.2, 0.25) is 0 Å². The lowest BCUT2D eigenvalue weighted by atomic mass is 10.1. The summed E-state index contributed by atoms with van der Waals surface area (Å²) >= 11 is 0. The Balaban J connectivity index is 1.95. The summed E-state index contributed by atoms with van der Waals surface area (Å²) in [6, 6.07) is 19.8. The summed E-state index contributed by atoms with van der Waals surface area (Å²) in [5, 5.41) is 9.12. The molecule has 0 saturated heterocycles. The third-order valence-electron chi connectivity index (χ3n) is 4.80. The van der Waals surface area contributed by atoms with Crippen molar-refractivity contribution >= 4 is 5.97 Å². The Morgan fingerprint density at radius 1 is 0.966 bits per heavy atom. The number of carbonyl (C=O) groups is 1. The molecule has 1 N–H and O–H groups in total. The van der Waals surface area contributed by atoms with Gasteiger partial charge in [0.15, 0.2) is 0 Å². The Hall–Kier alpha value is -3.21. The first-order valence-electron chi connectivity index (χ1n) is 9.92. The fourth-order valence-electron chi connectivity index (χ4n) is 3.23. The van der Waals surface area contributed by atoms with Crippen LogP contribution in [-0.4, -0.2) is 29.4 Å². The lowest BCUT2D eigenvalue weighted by Gasteiger charge is -2.15. The van der Waals surface area contributed by atoms with Crippen molar-refractivity contribution in [1.29, 1.82) is 0 Å². The molecule has 3 aromatic rings. The highest BCUT2D eigenvalue weighted by Crippen LogP contribution is 2.29. The molecule has 0 aliphatic heterocycles. The minimum atomic E-state index is -0.802. The van der Waals surface area contributed by atoms with Gasteiger partial charge in [0.2, 0.25) is 0 Å². The molecule has 3 rings (SSSR count). The minimum absolute atomic E-state index is 0.0876. The first-order chi connectivity index (χ1) is 14.1. The zero-order valence-electron chi connectivity index (χ0n) is 16.9. The Labute approximate surface area is 171 Å². The molecule has 2 aromatic carbocycles. The Kier molecular flexibility index (Phi) is 6.95. The van der Waals surface area contributed by atoms with Crippen molar-refractivity contribution < 1.29 is 19.4 Å². The maximum atomic E-state index is 11.1. The van der Waals surface area contributed by atoms with Crippen molar-refractivity contribution in [2.45, 2.75) is 32.6 Å². The smallest absolute Gasteiger partial charge is 0.303 e. The largest absolute Gasteiger partial charge is 0.497 e. The Morgan fingerprint density at radius 3 is 2.28 bits per heavy atom. The van der Waals surface area contributed by atoms with Crippen LogP contribution in [0.25, 0.3) is 16.9 Å². The first kappa shape index (κ1) is 20.5. The van der Waals surface area contributed by atoms with Crippen LogP contribution >= 0.6 is 0 Å². The number of unbranched alkanes of at least 4 members (excludes halogenated alkanes) is 1. The van der Waals surface area contributed by atoms with Crippen molar-refractivity contribution in [1.82, 2.24) is 4.57 Å². The number of aromatic nitrogens is 1. The highest BCUT2D eigenvalue weighted by atomic mass is 16.5. The van der Waals surface area contributed by atoms with Crippen LogP contribution in [0.5, 0.6) is 11.5 Å². The number of aryl methyl sites for hydroxylation is 1. The number of nitrogens with zero attached hydrogens (tertiary/aromatic N) is 1. The molecular formula is C24H27NO4. The van der Waals surface area contributed by atoms with Crippen molar-refractivity contribution in [3.8, 4) is 28.4 Å². The minimum Gasteiger partial charge on any atom is -0.497 e. The van der Waals surface area contributed by atoms with Gasteiger partial charge in [-0.1, -0.05) is 13.3 Å². The van der Waals surface area contributed by atoms with Gasteiger partial charge in [0.1, 0.15) is 11.5 Å². The van der Waals surface area contributed by atoms with E-state index in [1.165, 1.54) is 0 Å². The third kappa shape index (κ3) is 5.19. The molecule has 0 amide bonds. The topological polar surface area (TPSA) is 60.7 Å². The fraction of sp³-hybridized carbons (Fsp3) is 0.292. The lowest BCUT2D eigenvalue weighted by molar-refractivity contribution is -0.136. The Bertz CT molecular complexity index is 927. The second kappa shape index (κ2) is 9.82. The van der Waals surface area contributed by atoms with E-state index >= 15 is 0 Å². The molecule has 1 heterocycles. The molecule has 1 aromatic heterocycles. The molecular weight excluding hydrogens is 366 g/mol. The SMILES string of the molecule is CCCCOc1ccc(-n2c(CCC(=O)O)ccc2-c2ccc(OC)cc2)cc1. The summed E-state index contributed by atoms with van der Waals surface area (Å²) in [4.78, 5) is 11.1. The number of carboxylic acids is 1. The lowest BCUT2D eigenvalue weighted by Crippen LogP contribution is -2.05. The van der Waals surface area contributed by atoms with Gasteiger partial charge in [-0.05, 0) is 79.1 Å². The van der Waals surface area contributed by atoms with Gasteiger partial charge < -0.3 is 19.1 Å². The normalized spacial score (nSPS) is 10.7. The molecule has 0 radical (unpaired) electrons. The molecule has 5 nitrogen and oxygen atoms in total. The summed E-state index contributed by atoms with van der Waals surface area (Å²) < 4.78 is 13.1. The number of rotatable bonds is 10. The van der Waals surface area contributed by atoms with Crippen molar-refractivity contribution in [2.75, 3.05) is 13.7 Å². The van der Waals surface area contributed by atoms with Gasteiger partial charge in [0.05, 0.1) is 25.8 Å². The Morgan fingerprint density at radius 2 is 1.66 bits per heavy atom. The van der Waals surface area contributed by atoms with Gasteiger partial charge in [0.25, 0.3) is 0 Å². The van der Waals surface area contributed by atoms with E-state index in [0.29, 0.717) is 13.0 Å². The molecule has 5 heteroatoms. The van der Waals surface area contributed by atoms with Crippen LogP contribution < -0.4 is 9.47 Å². The maximum Gasteiger partial charge on any atom is 0.303 e. The average molecular weight is 393 g/mol. The van der Waals surface area contributed by atoms with Crippen molar-refractivity contribution in [3.63, 3.8) is 0 Å². The van der Waals surface area contributed by atoms with Crippen LogP contribution in [0.15, 0.2) is 60.7 Å². The van der Waals surface area contributed by atoms with Crippen LogP contribution in [0.4, 0.5) is 0 Å². The predicted octanol–water partition coefficient (Wildman–Crippen LogP) is 5.35. The van der Waals surface area contributed by atoms with E-state index in [4.69, 9.17) is 14.6 Å². The third-order valence-corrected chi connectivity index (χ3v) is 4.80. The van der Waals surface area contributed by atoms with Gasteiger partial charge in [-0.25, -0.2) is 0 Å². The summed E-state index contributed by atoms with van der Waals surface area (Å²) in [7, 11) is 1.64. The second-order valence-corrected chi connectivity index (χ2v) is 6.86. The number of ether oxygens (including phenoxy) is 2. The van der Waals surface area contributed by atoms with Crippen molar-refractivity contribution in [3.05, 3.63) is 66.4 Å². The van der Waals surface area contributed by atoms with Gasteiger partial charge >= 0.3 is 5.97 Å². The number of methoxy groups -OCH3 is 1. The molecule has 0 spiro atoms. The molecule has 152 valence electrons. The van der Waals surface area contributed by atoms with Crippen LogP contribution in [0.3, 0.4) is 0 Å². The van der Waals surface area contributed by atoms with E-state index in [9.17, 15) is 4.79 Å². The molecule has 29 heavy (non-hydrogen) atoms. The molecule has 0 fully saturated rings. The molecule has 0 aliphatic carbocycles. The van der Waals surface area contributed by atoms with Gasteiger partial charge in [0, 0.05) is 11.4 Å². The molecule has 0 atom stereocenters.